The first-order chi connectivity index (χ1) is 15.4. The Hall–Kier alpha value is -3.16. The molecule has 32 heavy (non-hydrogen) atoms. The van der Waals surface area contributed by atoms with Gasteiger partial charge in [-0.3, -0.25) is 9.36 Å². The summed E-state index contributed by atoms with van der Waals surface area (Å²) in [5.41, 5.74) is 2.06. The Balaban J connectivity index is 2.00. The average Bonchev–Trinajstić information content (AvgIpc) is 3.07. The van der Waals surface area contributed by atoms with E-state index in [0.29, 0.717) is 36.9 Å². The number of para-hydroxylation sites is 1. The van der Waals surface area contributed by atoms with E-state index in [4.69, 9.17) is 21.1 Å². The molecule has 0 saturated carbocycles. The highest BCUT2D eigenvalue weighted by atomic mass is 35.5. The standard InChI is InChI=1S/C24H21ClN2O4S/c1-4-31-23(29)20-14(2)26-24-27(21(20)17-10-5-6-11-18(17)30-3)22(28)19(32-24)13-15-8-7-9-16(25)12-15/h5-13,21H,4H2,1-3H3/b19-13-/t21-/m0/s1. The molecule has 2 aromatic carbocycles. The highest BCUT2D eigenvalue weighted by Crippen LogP contribution is 2.35. The topological polar surface area (TPSA) is 69.9 Å². The lowest BCUT2D eigenvalue weighted by Gasteiger charge is -2.25. The molecular weight excluding hydrogens is 448 g/mol. The highest BCUT2D eigenvalue weighted by Gasteiger charge is 2.34. The van der Waals surface area contributed by atoms with Gasteiger partial charge in [0.2, 0.25) is 0 Å². The molecular formula is C24H21ClN2O4S. The Morgan fingerprint density at radius 2 is 2.03 bits per heavy atom. The molecule has 1 aliphatic rings. The van der Waals surface area contributed by atoms with Crippen LogP contribution in [0.15, 0.2) is 69.6 Å². The molecule has 0 N–H and O–H groups in total. The van der Waals surface area contributed by atoms with Gasteiger partial charge >= 0.3 is 5.97 Å². The molecule has 0 aliphatic carbocycles. The van der Waals surface area contributed by atoms with Crippen molar-refractivity contribution in [3.05, 3.63) is 95.6 Å². The molecule has 3 aromatic rings. The second-order valence-corrected chi connectivity index (χ2v) is 8.54. The number of thiazole rings is 1. The monoisotopic (exact) mass is 468 g/mol. The van der Waals surface area contributed by atoms with Crippen LogP contribution < -0.4 is 19.6 Å². The molecule has 0 fully saturated rings. The molecule has 1 aromatic heterocycles. The lowest BCUT2D eigenvalue weighted by atomic mass is 9.95. The molecule has 1 atom stereocenters. The van der Waals surface area contributed by atoms with E-state index < -0.39 is 12.0 Å². The zero-order valence-corrected chi connectivity index (χ0v) is 19.4. The number of rotatable bonds is 5. The molecule has 8 heteroatoms. The first-order valence-corrected chi connectivity index (χ1v) is 11.2. The third-order valence-electron chi connectivity index (χ3n) is 5.10. The third kappa shape index (κ3) is 4.01. The van der Waals surface area contributed by atoms with Gasteiger partial charge in [-0.15, -0.1) is 0 Å². The van der Waals surface area contributed by atoms with E-state index in [9.17, 15) is 9.59 Å². The fraction of sp³-hybridized carbons (Fsp3) is 0.208. The smallest absolute Gasteiger partial charge is 0.338 e. The van der Waals surface area contributed by atoms with E-state index in [1.807, 2.05) is 30.3 Å². The van der Waals surface area contributed by atoms with Crippen LogP contribution in [0.3, 0.4) is 0 Å². The first kappa shape index (κ1) is 22.0. The largest absolute Gasteiger partial charge is 0.496 e. The number of nitrogens with zero attached hydrogens (tertiary/aromatic N) is 2. The van der Waals surface area contributed by atoms with E-state index in [1.54, 1.807) is 45.2 Å². The maximum absolute atomic E-state index is 13.6. The average molecular weight is 469 g/mol. The first-order valence-electron chi connectivity index (χ1n) is 10.0. The molecule has 1 aliphatic heterocycles. The van der Waals surface area contributed by atoms with Crippen LogP contribution in [0, 0.1) is 0 Å². The lowest BCUT2D eigenvalue weighted by Crippen LogP contribution is -2.40. The number of methoxy groups -OCH3 is 1. The van der Waals surface area contributed by atoms with Crippen LogP contribution in [-0.4, -0.2) is 24.3 Å². The van der Waals surface area contributed by atoms with Gasteiger partial charge in [-0.1, -0.05) is 53.3 Å². The zero-order valence-electron chi connectivity index (χ0n) is 17.8. The number of esters is 1. The van der Waals surface area contributed by atoms with Gasteiger partial charge in [-0.25, -0.2) is 9.79 Å². The second kappa shape index (κ2) is 9.14. The SMILES string of the molecule is CCOC(=O)C1=C(C)N=c2s/c(=C\c3cccc(Cl)c3)c(=O)n2[C@H]1c1ccccc1OC. The van der Waals surface area contributed by atoms with Crippen LogP contribution in [0.5, 0.6) is 5.75 Å². The summed E-state index contributed by atoms with van der Waals surface area (Å²) in [4.78, 5) is 31.6. The van der Waals surface area contributed by atoms with Gasteiger partial charge in [0.1, 0.15) is 11.8 Å². The van der Waals surface area contributed by atoms with Gasteiger partial charge in [0, 0.05) is 10.6 Å². The van der Waals surface area contributed by atoms with Crippen molar-refractivity contribution in [3.8, 4) is 5.75 Å². The van der Waals surface area contributed by atoms with E-state index in [2.05, 4.69) is 4.99 Å². The number of carbonyl (C=O) groups is 1. The van der Waals surface area contributed by atoms with Crippen molar-refractivity contribution >= 4 is 35.0 Å². The summed E-state index contributed by atoms with van der Waals surface area (Å²) in [7, 11) is 1.56. The quantitative estimate of drug-likeness (QED) is 0.538. The molecule has 4 rings (SSSR count). The minimum absolute atomic E-state index is 0.216. The van der Waals surface area contributed by atoms with Crippen LogP contribution in [0.1, 0.15) is 31.0 Å². The Kier molecular flexibility index (Phi) is 6.30. The van der Waals surface area contributed by atoms with Crippen molar-refractivity contribution in [1.82, 2.24) is 4.57 Å². The van der Waals surface area contributed by atoms with Gasteiger partial charge in [0.25, 0.3) is 5.56 Å². The summed E-state index contributed by atoms with van der Waals surface area (Å²) >= 11 is 7.36. The summed E-state index contributed by atoms with van der Waals surface area (Å²) in [6.45, 7) is 3.71. The molecule has 0 bridgehead atoms. The van der Waals surface area contributed by atoms with E-state index in [0.717, 1.165) is 5.56 Å². The molecule has 2 heterocycles. The molecule has 164 valence electrons. The van der Waals surface area contributed by atoms with Gasteiger partial charge in [-0.05, 0) is 43.7 Å². The van der Waals surface area contributed by atoms with Gasteiger partial charge in [0.15, 0.2) is 4.80 Å². The number of carbonyl (C=O) groups excluding carboxylic acids is 1. The minimum atomic E-state index is -0.719. The number of fused-ring (bicyclic) bond motifs is 1. The minimum Gasteiger partial charge on any atom is -0.496 e. The number of halogens is 1. The van der Waals surface area contributed by atoms with Crippen LogP contribution in [0.25, 0.3) is 6.08 Å². The molecule has 0 radical (unpaired) electrons. The van der Waals surface area contributed by atoms with E-state index >= 15 is 0 Å². The summed E-state index contributed by atoms with van der Waals surface area (Å²) in [6.07, 6.45) is 1.78. The third-order valence-corrected chi connectivity index (χ3v) is 6.32. The molecule has 0 unspecified atom stereocenters. The summed E-state index contributed by atoms with van der Waals surface area (Å²) < 4.78 is 12.9. The van der Waals surface area contributed by atoms with Gasteiger partial charge in [0.05, 0.1) is 29.5 Å². The lowest BCUT2D eigenvalue weighted by molar-refractivity contribution is -0.139. The summed E-state index contributed by atoms with van der Waals surface area (Å²) in [6, 6.07) is 13.9. The van der Waals surface area contributed by atoms with Gasteiger partial charge < -0.3 is 9.47 Å². The predicted molar refractivity (Wildman–Crippen MR) is 125 cm³/mol. The molecule has 0 spiro atoms. The van der Waals surface area contributed by atoms with E-state index in [1.165, 1.54) is 15.9 Å². The normalized spacial score (nSPS) is 15.9. The van der Waals surface area contributed by atoms with Crippen molar-refractivity contribution in [2.45, 2.75) is 19.9 Å². The number of allylic oxidation sites excluding steroid dienone is 1. The fourth-order valence-electron chi connectivity index (χ4n) is 3.73. The summed E-state index contributed by atoms with van der Waals surface area (Å²) in [5, 5.41) is 0.582. The fourth-order valence-corrected chi connectivity index (χ4v) is 4.97. The van der Waals surface area contributed by atoms with Crippen LogP contribution in [0.4, 0.5) is 0 Å². The molecule has 0 amide bonds. The van der Waals surface area contributed by atoms with Gasteiger partial charge in [-0.2, -0.15) is 0 Å². The maximum atomic E-state index is 13.6. The van der Waals surface area contributed by atoms with Crippen molar-refractivity contribution in [2.24, 2.45) is 4.99 Å². The van der Waals surface area contributed by atoms with Crippen LogP contribution in [0.2, 0.25) is 5.02 Å². The highest BCUT2D eigenvalue weighted by molar-refractivity contribution is 7.07. The number of aromatic nitrogens is 1. The van der Waals surface area contributed by atoms with Crippen molar-refractivity contribution in [3.63, 3.8) is 0 Å². The maximum Gasteiger partial charge on any atom is 0.338 e. The second-order valence-electron chi connectivity index (χ2n) is 7.10. The molecule has 6 nitrogen and oxygen atoms in total. The predicted octanol–water partition coefficient (Wildman–Crippen LogP) is 3.46. The summed E-state index contributed by atoms with van der Waals surface area (Å²) in [5.74, 6) is 0.0622. The van der Waals surface area contributed by atoms with Crippen LogP contribution in [-0.2, 0) is 9.53 Å². The Morgan fingerprint density at radius 1 is 1.25 bits per heavy atom. The number of hydrogen-bond donors (Lipinski definition) is 0. The van der Waals surface area contributed by atoms with E-state index in [-0.39, 0.29) is 12.2 Å². The Morgan fingerprint density at radius 3 is 2.75 bits per heavy atom. The van der Waals surface area contributed by atoms with Crippen LogP contribution >= 0.6 is 22.9 Å². The number of hydrogen-bond acceptors (Lipinski definition) is 6. The Bertz CT molecular complexity index is 1400. The van der Waals surface area contributed by atoms with Crippen molar-refractivity contribution in [1.29, 1.82) is 0 Å². The number of ether oxygens (including phenoxy) is 2. The number of benzene rings is 2. The Labute approximate surface area is 193 Å². The van der Waals surface area contributed by atoms with Crippen molar-refractivity contribution in [2.75, 3.05) is 13.7 Å². The molecule has 0 saturated heterocycles. The van der Waals surface area contributed by atoms with Crippen molar-refractivity contribution < 1.29 is 14.3 Å². The zero-order chi connectivity index (χ0) is 22.8.